The number of carbonyl (C=O) groups is 2. The highest BCUT2D eigenvalue weighted by Crippen LogP contribution is 2.26. The maximum Gasteiger partial charge on any atom is 0.188 e. The number of rotatable bonds is 14. The van der Waals surface area contributed by atoms with Crippen molar-refractivity contribution in [3.63, 3.8) is 0 Å². The standard InChI is InChI=1S/C23H35N5O4/c1-25-23(24)27-18(10-12-28-13-11-26-16-28)4-3-5-19(29)15-20(30)8-6-17-7-9-21(31)22(14-17)32-2/h7,9,11,13-14,18,26,31H,3-6,8,10,12,15-16H2,1-2H3,(H3,24,25,27). The third-order valence-corrected chi connectivity index (χ3v) is 5.39. The molecule has 9 heteroatoms. The van der Waals surface area contributed by atoms with E-state index in [4.69, 9.17) is 10.5 Å². The maximum atomic E-state index is 12.3. The lowest BCUT2D eigenvalue weighted by Crippen LogP contribution is -2.41. The van der Waals surface area contributed by atoms with Crippen LogP contribution >= 0.6 is 0 Å². The second kappa shape index (κ2) is 13.2. The summed E-state index contributed by atoms with van der Waals surface area (Å²) in [6, 6.07) is 5.11. The number of nitrogens with one attached hydrogen (secondary N) is 2. The van der Waals surface area contributed by atoms with E-state index in [1.807, 2.05) is 12.4 Å². The van der Waals surface area contributed by atoms with E-state index >= 15 is 0 Å². The summed E-state index contributed by atoms with van der Waals surface area (Å²) >= 11 is 0. The van der Waals surface area contributed by atoms with Crippen molar-refractivity contribution in [2.75, 3.05) is 27.4 Å². The first-order valence-electron chi connectivity index (χ1n) is 10.9. The van der Waals surface area contributed by atoms with Crippen LogP contribution in [-0.2, 0) is 16.0 Å². The summed E-state index contributed by atoms with van der Waals surface area (Å²) in [5, 5.41) is 16.0. The van der Waals surface area contributed by atoms with Gasteiger partial charge in [-0.25, -0.2) is 0 Å². The second-order valence-electron chi connectivity index (χ2n) is 7.88. The molecule has 1 aliphatic heterocycles. The summed E-state index contributed by atoms with van der Waals surface area (Å²) in [5.74, 6) is 0.705. The molecule has 1 atom stereocenters. The molecule has 1 unspecified atom stereocenters. The molecule has 1 heterocycles. The molecule has 32 heavy (non-hydrogen) atoms. The number of methoxy groups -OCH3 is 1. The van der Waals surface area contributed by atoms with Gasteiger partial charge in [0, 0.05) is 44.9 Å². The van der Waals surface area contributed by atoms with Crippen molar-refractivity contribution in [1.82, 2.24) is 15.5 Å². The lowest BCUT2D eigenvalue weighted by Gasteiger charge is -2.22. The number of aliphatic imine (C=N–C) groups is 1. The average molecular weight is 446 g/mol. The van der Waals surface area contributed by atoms with Crippen molar-refractivity contribution >= 4 is 17.5 Å². The topological polar surface area (TPSA) is 129 Å². The second-order valence-corrected chi connectivity index (χ2v) is 7.88. The molecule has 176 valence electrons. The minimum absolute atomic E-state index is 0.0409. The average Bonchev–Trinajstić information content (AvgIpc) is 3.30. The fourth-order valence-corrected chi connectivity index (χ4v) is 3.52. The summed E-state index contributed by atoms with van der Waals surface area (Å²) in [6.07, 6.45) is 7.36. The Morgan fingerprint density at radius 3 is 2.78 bits per heavy atom. The first-order chi connectivity index (χ1) is 15.4. The van der Waals surface area contributed by atoms with Gasteiger partial charge in [-0.15, -0.1) is 0 Å². The number of aryl methyl sites for hydroxylation is 1. The molecule has 0 fully saturated rings. The number of benzene rings is 1. The SMILES string of the molecule is CN=C(N)NC(CCCC(=O)CC(=O)CCc1ccc(O)c(OC)c1)CCN1C=CNC1. The molecule has 0 bridgehead atoms. The van der Waals surface area contributed by atoms with E-state index in [9.17, 15) is 14.7 Å². The molecule has 1 aromatic rings. The summed E-state index contributed by atoms with van der Waals surface area (Å²) in [4.78, 5) is 30.6. The zero-order valence-corrected chi connectivity index (χ0v) is 19.0. The Balaban J connectivity index is 1.70. The van der Waals surface area contributed by atoms with Crippen molar-refractivity contribution in [3.05, 3.63) is 36.2 Å². The Bertz CT molecular complexity index is 825. The molecule has 0 saturated carbocycles. The summed E-state index contributed by atoms with van der Waals surface area (Å²) in [5.41, 5.74) is 6.71. The molecular weight excluding hydrogens is 410 g/mol. The number of Topliss-reactive ketones (excluding diaryl/α,β-unsaturated/α-hetero) is 2. The fraction of sp³-hybridized carbons (Fsp3) is 0.522. The molecular formula is C23H35N5O4. The molecule has 0 saturated heterocycles. The highest BCUT2D eigenvalue weighted by Gasteiger charge is 2.15. The third kappa shape index (κ3) is 8.87. The Labute approximate surface area is 189 Å². The van der Waals surface area contributed by atoms with Gasteiger partial charge in [0.15, 0.2) is 17.5 Å². The zero-order chi connectivity index (χ0) is 23.3. The molecule has 9 nitrogen and oxygen atoms in total. The van der Waals surface area contributed by atoms with Crippen LogP contribution in [0.1, 0.15) is 44.1 Å². The fourth-order valence-electron chi connectivity index (χ4n) is 3.52. The van der Waals surface area contributed by atoms with Crippen LogP contribution in [0.5, 0.6) is 11.5 Å². The summed E-state index contributed by atoms with van der Waals surface area (Å²) in [7, 11) is 3.11. The van der Waals surface area contributed by atoms with E-state index in [1.165, 1.54) is 7.11 Å². The molecule has 0 spiro atoms. The molecule has 2 rings (SSSR count). The van der Waals surface area contributed by atoms with Gasteiger partial charge in [0.1, 0.15) is 11.6 Å². The molecule has 1 aromatic carbocycles. The van der Waals surface area contributed by atoms with E-state index in [-0.39, 0.29) is 36.2 Å². The highest BCUT2D eigenvalue weighted by molar-refractivity contribution is 5.99. The van der Waals surface area contributed by atoms with Gasteiger partial charge >= 0.3 is 0 Å². The number of aromatic hydroxyl groups is 1. The number of hydrogen-bond acceptors (Lipinski definition) is 7. The Morgan fingerprint density at radius 2 is 2.09 bits per heavy atom. The third-order valence-electron chi connectivity index (χ3n) is 5.39. The van der Waals surface area contributed by atoms with E-state index in [0.29, 0.717) is 31.0 Å². The van der Waals surface area contributed by atoms with E-state index in [0.717, 1.165) is 31.6 Å². The largest absolute Gasteiger partial charge is 0.504 e. The number of nitrogens with two attached hydrogens (primary N) is 1. The Morgan fingerprint density at radius 1 is 1.31 bits per heavy atom. The number of guanidine groups is 1. The lowest BCUT2D eigenvalue weighted by molar-refractivity contribution is -0.127. The first kappa shape index (κ1) is 25.0. The normalized spacial score (nSPS) is 14.2. The van der Waals surface area contributed by atoms with Gasteiger partial charge in [-0.1, -0.05) is 6.07 Å². The van der Waals surface area contributed by atoms with Crippen molar-refractivity contribution < 1.29 is 19.4 Å². The predicted molar refractivity (Wildman–Crippen MR) is 124 cm³/mol. The number of ether oxygens (including phenoxy) is 1. The van der Waals surface area contributed by atoms with Crippen molar-refractivity contribution in [1.29, 1.82) is 0 Å². The Kier molecular flexibility index (Phi) is 10.4. The predicted octanol–water partition coefficient (Wildman–Crippen LogP) is 1.66. The first-order valence-corrected chi connectivity index (χ1v) is 10.9. The van der Waals surface area contributed by atoms with Gasteiger partial charge in [0.2, 0.25) is 0 Å². The molecule has 0 aliphatic carbocycles. The van der Waals surface area contributed by atoms with Crippen molar-refractivity contribution in [3.8, 4) is 11.5 Å². The molecule has 0 amide bonds. The lowest BCUT2D eigenvalue weighted by atomic mass is 10.0. The minimum atomic E-state index is -0.0765. The zero-order valence-electron chi connectivity index (χ0n) is 19.0. The quantitative estimate of drug-likeness (QED) is 0.193. The number of ketones is 2. The van der Waals surface area contributed by atoms with Crippen molar-refractivity contribution in [2.24, 2.45) is 10.7 Å². The number of phenols is 1. The number of carbonyl (C=O) groups excluding carboxylic acids is 2. The molecule has 0 aromatic heterocycles. The van der Waals surface area contributed by atoms with E-state index in [2.05, 4.69) is 20.5 Å². The number of hydrogen-bond donors (Lipinski definition) is 4. The van der Waals surface area contributed by atoms with Crippen LogP contribution in [0.25, 0.3) is 0 Å². The number of phenolic OH excluding ortho intramolecular Hbond substituents is 1. The number of nitrogens with zero attached hydrogens (tertiary/aromatic N) is 2. The van der Waals surface area contributed by atoms with Gasteiger partial charge in [-0.3, -0.25) is 14.6 Å². The van der Waals surface area contributed by atoms with E-state index in [1.54, 1.807) is 25.2 Å². The van der Waals surface area contributed by atoms with Crippen LogP contribution in [0.2, 0.25) is 0 Å². The van der Waals surface area contributed by atoms with Gasteiger partial charge in [0.05, 0.1) is 20.2 Å². The van der Waals surface area contributed by atoms with Crippen LogP contribution in [0, 0.1) is 0 Å². The molecule has 0 radical (unpaired) electrons. The van der Waals surface area contributed by atoms with Crippen molar-refractivity contribution in [2.45, 2.75) is 51.0 Å². The molecule has 1 aliphatic rings. The van der Waals surface area contributed by atoms with Crippen LogP contribution in [-0.4, -0.2) is 60.9 Å². The van der Waals surface area contributed by atoms with Gasteiger partial charge < -0.3 is 31.1 Å². The highest BCUT2D eigenvalue weighted by atomic mass is 16.5. The minimum Gasteiger partial charge on any atom is -0.504 e. The Hall–Kier alpha value is -3.23. The monoisotopic (exact) mass is 445 g/mol. The van der Waals surface area contributed by atoms with Crippen LogP contribution in [0.4, 0.5) is 0 Å². The summed E-state index contributed by atoms with van der Waals surface area (Å²) in [6.45, 7) is 1.66. The van der Waals surface area contributed by atoms with Gasteiger partial charge in [-0.05, 0) is 43.4 Å². The van der Waals surface area contributed by atoms with E-state index < -0.39 is 0 Å². The summed E-state index contributed by atoms with van der Waals surface area (Å²) < 4.78 is 5.08. The van der Waals surface area contributed by atoms with Crippen LogP contribution < -0.4 is 21.1 Å². The van der Waals surface area contributed by atoms with Crippen LogP contribution in [0.15, 0.2) is 35.6 Å². The smallest absolute Gasteiger partial charge is 0.188 e. The van der Waals surface area contributed by atoms with Gasteiger partial charge in [0.25, 0.3) is 0 Å². The maximum absolute atomic E-state index is 12.3. The van der Waals surface area contributed by atoms with Gasteiger partial charge in [-0.2, -0.15) is 0 Å². The molecule has 5 N–H and O–H groups in total. The van der Waals surface area contributed by atoms with Crippen LogP contribution in [0.3, 0.4) is 0 Å².